The molecule has 1 N–H and O–H groups in total. The lowest BCUT2D eigenvalue weighted by Crippen LogP contribution is -2.47. The van der Waals surface area contributed by atoms with Crippen molar-refractivity contribution in [3.63, 3.8) is 0 Å². The summed E-state index contributed by atoms with van der Waals surface area (Å²) in [7, 11) is 0. The van der Waals surface area contributed by atoms with E-state index >= 15 is 0 Å². The summed E-state index contributed by atoms with van der Waals surface area (Å²) in [6.45, 7) is 20.8. The second kappa shape index (κ2) is 8.10. The van der Waals surface area contributed by atoms with Crippen LogP contribution in [0.5, 0.6) is 0 Å². The highest BCUT2D eigenvalue weighted by Gasteiger charge is 2.27. The Labute approximate surface area is 109 Å². The molecule has 0 radical (unpaired) electrons. The molecule has 0 aliphatic rings. The maximum absolute atomic E-state index is 3.56. The molecule has 2 heteroatoms. The van der Waals surface area contributed by atoms with E-state index in [1.807, 2.05) is 0 Å². The zero-order chi connectivity index (χ0) is 13.5. The van der Waals surface area contributed by atoms with Crippen LogP contribution in [0.1, 0.15) is 54.9 Å². The highest BCUT2D eigenvalue weighted by molar-refractivity contribution is 4.83. The monoisotopic (exact) mass is 242 g/mol. The Morgan fingerprint density at radius 1 is 1.12 bits per heavy atom. The van der Waals surface area contributed by atoms with Crippen LogP contribution in [0.2, 0.25) is 0 Å². The molecule has 0 aliphatic heterocycles. The number of nitrogens with zero attached hydrogens (tertiary/aromatic N) is 1. The van der Waals surface area contributed by atoms with Gasteiger partial charge in [0.25, 0.3) is 0 Å². The summed E-state index contributed by atoms with van der Waals surface area (Å²) in [6.07, 6.45) is 1.28. The van der Waals surface area contributed by atoms with Crippen LogP contribution in [0.15, 0.2) is 0 Å². The Morgan fingerprint density at radius 2 is 1.71 bits per heavy atom. The van der Waals surface area contributed by atoms with Gasteiger partial charge in [0.2, 0.25) is 0 Å². The summed E-state index contributed by atoms with van der Waals surface area (Å²) in [5.74, 6) is 0.806. The number of hydrogen-bond donors (Lipinski definition) is 1. The maximum atomic E-state index is 3.56. The van der Waals surface area contributed by atoms with Crippen molar-refractivity contribution in [2.75, 3.05) is 26.2 Å². The van der Waals surface area contributed by atoms with Gasteiger partial charge in [-0.3, -0.25) is 0 Å². The molecule has 0 spiro atoms. The average Bonchev–Trinajstić information content (AvgIpc) is 2.27. The van der Waals surface area contributed by atoms with Gasteiger partial charge in [0.05, 0.1) is 0 Å². The smallest absolute Gasteiger partial charge is 0.0102 e. The molecule has 2 atom stereocenters. The van der Waals surface area contributed by atoms with E-state index < -0.39 is 0 Å². The molecule has 2 nitrogen and oxygen atoms in total. The predicted octanol–water partition coefficient (Wildman–Crippen LogP) is 3.38. The molecule has 0 aliphatic carbocycles. The van der Waals surface area contributed by atoms with Gasteiger partial charge in [0.1, 0.15) is 0 Å². The molecule has 0 bridgehead atoms. The quantitative estimate of drug-likeness (QED) is 0.667. The Morgan fingerprint density at radius 3 is 2.12 bits per heavy atom. The van der Waals surface area contributed by atoms with Gasteiger partial charge < -0.3 is 10.2 Å². The van der Waals surface area contributed by atoms with Crippen molar-refractivity contribution in [1.29, 1.82) is 0 Å². The Balaban J connectivity index is 4.33. The molecule has 0 heterocycles. The third kappa shape index (κ3) is 6.42. The van der Waals surface area contributed by atoms with Crippen molar-refractivity contribution < 1.29 is 0 Å². The van der Waals surface area contributed by atoms with Crippen molar-refractivity contribution >= 4 is 0 Å². The van der Waals surface area contributed by atoms with E-state index in [9.17, 15) is 0 Å². The molecule has 0 fully saturated rings. The molecule has 2 unspecified atom stereocenters. The first-order valence-electron chi connectivity index (χ1n) is 7.33. The fourth-order valence-corrected chi connectivity index (χ4v) is 2.17. The van der Waals surface area contributed by atoms with Crippen LogP contribution in [0.4, 0.5) is 0 Å². The van der Waals surface area contributed by atoms with E-state index in [0.717, 1.165) is 19.0 Å². The van der Waals surface area contributed by atoms with Crippen molar-refractivity contribution in [2.24, 2.45) is 11.3 Å². The predicted molar refractivity (Wildman–Crippen MR) is 78.5 cm³/mol. The molecule has 0 rings (SSSR count). The van der Waals surface area contributed by atoms with Crippen molar-refractivity contribution in [1.82, 2.24) is 10.2 Å². The van der Waals surface area contributed by atoms with E-state index in [4.69, 9.17) is 0 Å². The molecule has 0 saturated carbocycles. The fourth-order valence-electron chi connectivity index (χ4n) is 2.17. The zero-order valence-corrected chi connectivity index (χ0v) is 13.1. The zero-order valence-electron chi connectivity index (χ0n) is 13.1. The number of nitrogens with one attached hydrogen (secondary N) is 1. The lowest BCUT2D eigenvalue weighted by molar-refractivity contribution is 0.134. The molecule has 104 valence electrons. The van der Waals surface area contributed by atoms with Crippen LogP contribution in [0.25, 0.3) is 0 Å². The topological polar surface area (TPSA) is 15.3 Å². The first kappa shape index (κ1) is 16.9. The van der Waals surface area contributed by atoms with Gasteiger partial charge in [-0.15, -0.1) is 0 Å². The molecule has 0 amide bonds. The van der Waals surface area contributed by atoms with E-state index in [0.29, 0.717) is 11.5 Å². The van der Waals surface area contributed by atoms with Gasteiger partial charge in [-0.1, -0.05) is 48.0 Å². The van der Waals surface area contributed by atoms with E-state index in [1.165, 1.54) is 19.5 Å². The Bertz CT molecular complexity index is 189. The van der Waals surface area contributed by atoms with Crippen molar-refractivity contribution in [3.8, 4) is 0 Å². The maximum Gasteiger partial charge on any atom is 0.0102 e. The van der Waals surface area contributed by atoms with E-state index in [1.54, 1.807) is 0 Å². The molecule has 17 heavy (non-hydrogen) atoms. The second-order valence-corrected chi connectivity index (χ2v) is 6.11. The standard InChI is InChI=1S/C15H34N2/c1-8-13(4)11-17(10-3)12-15(6,7)14(5)16-9-2/h13-14,16H,8-12H2,1-7H3. The summed E-state index contributed by atoms with van der Waals surface area (Å²) in [4.78, 5) is 2.60. The van der Waals surface area contributed by atoms with Crippen LogP contribution in [0, 0.1) is 11.3 Å². The van der Waals surface area contributed by atoms with Crippen LogP contribution in [0.3, 0.4) is 0 Å². The van der Waals surface area contributed by atoms with Gasteiger partial charge in [-0.25, -0.2) is 0 Å². The van der Waals surface area contributed by atoms with Crippen LogP contribution >= 0.6 is 0 Å². The third-order valence-electron chi connectivity index (χ3n) is 4.03. The Kier molecular flexibility index (Phi) is 8.06. The Hall–Kier alpha value is -0.0800. The van der Waals surface area contributed by atoms with Gasteiger partial charge >= 0.3 is 0 Å². The second-order valence-electron chi connectivity index (χ2n) is 6.11. The summed E-state index contributed by atoms with van der Waals surface area (Å²) in [6, 6.07) is 0.568. The number of hydrogen-bond acceptors (Lipinski definition) is 2. The first-order chi connectivity index (χ1) is 7.87. The third-order valence-corrected chi connectivity index (χ3v) is 4.03. The van der Waals surface area contributed by atoms with Gasteiger partial charge in [0.15, 0.2) is 0 Å². The minimum absolute atomic E-state index is 0.333. The number of rotatable bonds is 9. The van der Waals surface area contributed by atoms with Crippen molar-refractivity contribution in [2.45, 2.75) is 60.9 Å². The lowest BCUT2D eigenvalue weighted by Gasteiger charge is -2.38. The summed E-state index contributed by atoms with van der Waals surface area (Å²) >= 11 is 0. The summed E-state index contributed by atoms with van der Waals surface area (Å²) in [5.41, 5.74) is 0.333. The molecule has 0 aromatic heterocycles. The normalized spacial score (nSPS) is 16.2. The van der Waals surface area contributed by atoms with Crippen LogP contribution < -0.4 is 5.32 Å². The lowest BCUT2D eigenvalue weighted by atomic mass is 9.84. The van der Waals surface area contributed by atoms with E-state index in [2.05, 4.69) is 58.7 Å². The largest absolute Gasteiger partial charge is 0.314 e. The van der Waals surface area contributed by atoms with Crippen molar-refractivity contribution in [3.05, 3.63) is 0 Å². The van der Waals surface area contributed by atoms with Gasteiger partial charge in [-0.2, -0.15) is 0 Å². The van der Waals surface area contributed by atoms with E-state index in [-0.39, 0.29) is 0 Å². The molecular formula is C15H34N2. The average molecular weight is 242 g/mol. The minimum atomic E-state index is 0.333. The van der Waals surface area contributed by atoms with Crippen LogP contribution in [-0.2, 0) is 0 Å². The minimum Gasteiger partial charge on any atom is -0.314 e. The highest BCUT2D eigenvalue weighted by atomic mass is 15.1. The molecular weight excluding hydrogens is 208 g/mol. The van der Waals surface area contributed by atoms with Crippen LogP contribution in [-0.4, -0.2) is 37.1 Å². The molecule has 0 aromatic rings. The highest BCUT2D eigenvalue weighted by Crippen LogP contribution is 2.22. The summed E-state index contributed by atoms with van der Waals surface area (Å²) in [5, 5.41) is 3.56. The SMILES string of the molecule is CCNC(C)C(C)(C)CN(CC)CC(C)CC. The fraction of sp³-hybridized carbons (Fsp3) is 1.00. The first-order valence-corrected chi connectivity index (χ1v) is 7.33. The molecule has 0 aromatic carbocycles. The molecule has 0 saturated heterocycles. The van der Waals surface area contributed by atoms with Gasteiger partial charge in [0, 0.05) is 19.1 Å². The summed E-state index contributed by atoms with van der Waals surface area (Å²) < 4.78 is 0. The van der Waals surface area contributed by atoms with Gasteiger partial charge in [-0.05, 0) is 31.3 Å².